The molecule has 0 aromatic carbocycles. The van der Waals surface area contributed by atoms with Gasteiger partial charge < -0.3 is 9.31 Å². The van der Waals surface area contributed by atoms with Gasteiger partial charge in [0.2, 0.25) is 0 Å². The second kappa shape index (κ2) is 4.64. The first-order valence-corrected chi connectivity index (χ1v) is 6.96. The van der Waals surface area contributed by atoms with Crippen LogP contribution in [0.5, 0.6) is 0 Å². The molecule has 0 N–H and O–H groups in total. The molecule has 1 saturated carbocycles. The number of hydrogen-bond donors (Lipinski definition) is 0. The summed E-state index contributed by atoms with van der Waals surface area (Å²) in [6.07, 6.45) is 3.83. The summed E-state index contributed by atoms with van der Waals surface area (Å²) in [5.41, 5.74) is -0.207. The van der Waals surface area contributed by atoms with E-state index < -0.39 is 18.3 Å². The highest BCUT2D eigenvalue weighted by atomic mass is 19.1. The van der Waals surface area contributed by atoms with Crippen molar-refractivity contribution in [3.8, 4) is 0 Å². The van der Waals surface area contributed by atoms with E-state index in [1.54, 1.807) is 0 Å². The first kappa shape index (κ1) is 14.1. The van der Waals surface area contributed by atoms with Crippen LogP contribution in [0.3, 0.4) is 0 Å². The first-order valence-electron chi connectivity index (χ1n) is 6.96. The van der Waals surface area contributed by atoms with E-state index in [0.717, 1.165) is 31.3 Å². The van der Waals surface area contributed by atoms with Crippen molar-refractivity contribution >= 4 is 7.12 Å². The number of hydrogen-bond acceptors (Lipinski definition) is 2. The maximum atomic E-state index is 14.4. The fraction of sp³-hybridized carbons (Fsp3) is 0.857. The van der Waals surface area contributed by atoms with Gasteiger partial charge in [-0.2, -0.15) is 0 Å². The van der Waals surface area contributed by atoms with Gasteiger partial charge in [-0.3, -0.25) is 0 Å². The van der Waals surface area contributed by atoms with Gasteiger partial charge in [-0.05, 0) is 64.9 Å². The Hall–Kier alpha value is -0.345. The molecule has 0 radical (unpaired) electrons. The van der Waals surface area contributed by atoms with E-state index in [0.29, 0.717) is 5.92 Å². The summed E-state index contributed by atoms with van der Waals surface area (Å²) in [4.78, 5) is 0. The van der Waals surface area contributed by atoms with E-state index in [2.05, 4.69) is 6.92 Å². The Labute approximate surface area is 110 Å². The highest BCUT2D eigenvalue weighted by molar-refractivity contribution is 6.53. The average molecular weight is 254 g/mol. The summed E-state index contributed by atoms with van der Waals surface area (Å²) in [7, 11) is -0.807. The van der Waals surface area contributed by atoms with E-state index in [-0.39, 0.29) is 5.73 Å². The molecule has 1 heterocycles. The number of allylic oxidation sites excluding steroid dienone is 1. The maximum absolute atomic E-state index is 14.4. The quantitative estimate of drug-likeness (QED) is 0.657. The van der Waals surface area contributed by atoms with Crippen LogP contribution in [0.25, 0.3) is 0 Å². The standard InChI is InChI=1S/C14H24BFO2/c1-10-6-8-11(9-7-10)12(16)15-17-13(2,3)14(4,5)18-15/h10H,6-9H2,1-5H3. The van der Waals surface area contributed by atoms with E-state index in [9.17, 15) is 4.39 Å². The fourth-order valence-electron chi connectivity index (χ4n) is 2.46. The van der Waals surface area contributed by atoms with Crippen molar-refractivity contribution in [2.24, 2.45) is 5.92 Å². The Morgan fingerprint density at radius 3 is 2.00 bits per heavy atom. The lowest BCUT2D eigenvalue weighted by Gasteiger charge is -2.32. The van der Waals surface area contributed by atoms with E-state index in [4.69, 9.17) is 9.31 Å². The molecule has 2 fully saturated rings. The average Bonchev–Trinajstić information content (AvgIpc) is 2.48. The third-order valence-corrected chi connectivity index (χ3v) is 4.68. The molecular formula is C14H24BFO2. The van der Waals surface area contributed by atoms with Crippen molar-refractivity contribution in [3.05, 3.63) is 11.3 Å². The maximum Gasteiger partial charge on any atom is 0.525 e. The van der Waals surface area contributed by atoms with Crippen LogP contribution in [0.1, 0.15) is 60.3 Å². The van der Waals surface area contributed by atoms with Crippen molar-refractivity contribution in [1.29, 1.82) is 0 Å². The smallest absolute Gasteiger partial charge is 0.398 e. The zero-order valence-corrected chi connectivity index (χ0v) is 12.2. The largest absolute Gasteiger partial charge is 0.525 e. The molecule has 102 valence electrons. The SMILES string of the molecule is CC1CCC(=C(F)B2OC(C)(C)C(C)(C)O2)CC1. The second-order valence-corrected chi connectivity index (χ2v) is 6.72. The molecule has 1 saturated heterocycles. The van der Waals surface area contributed by atoms with Crippen molar-refractivity contribution in [1.82, 2.24) is 0 Å². The van der Waals surface area contributed by atoms with Crippen LogP contribution in [0, 0.1) is 5.92 Å². The number of rotatable bonds is 1. The van der Waals surface area contributed by atoms with Crippen LogP contribution in [-0.4, -0.2) is 18.3 Å². The van der Waals surface area contributed by atoms with Crippen molar-refractivity contribution in [2.45, 2.75) is 71.5 Å². The lowest BCUT2D eigenvalue weighted by atomic mass is 9.78. The van der Waals surface area contributed by atoms with E-state index in [1.165, 1.54) is 0 Å². The molecule has 1 aliphatic heterocycles. The van der Waals surface area contributed by atoms with Crippen LogP contribution in [0.4, 0.5) is 4.39 Å². The van der Waals surface area contributed by atoms with Crippen molar-refractivity contribution < 1.29 is 13.7 Å². The lowest BCUT2D eigenvalue weighted by Crippen LogP contribution is -2.41. The van der Waals surface area contributed by atoms with Crippen LogP contribution in [0.15, 0.2) is 11.3 Å². The molecule has 0 spiro atoms. The second-order valence-electron chi connectivity index (χ2n) is 6.72. The van der Waals surface area contributed by atoms with Crippen molar-refractivity contribution in [3.63, 3.8) is 0 Å². The highest BCUT2D eigenvalue weighted by Gasteiger charge is 2.53. The molecule has 2 rings (SSSR count). The van der Waals surface area contributed by atoms with Gasteiger partial charge in [-0.1, -0.05) is 6.92 Å². The van der Waals surface area contributed by atoms with Gasteiger partial charge in [0.05, 0.1) is 11.2 Å². The first-order chi connectivity index (χ1) is 8.23. The summed E-state index contributed by atoms with van der Waals surface area (Å²) in [6.45, 7) is 10.0. The summed E-state index contributed by atoms with van der Waals surface area (Å²) < 4.78 is 25.9. The molecule has 1 aliphatic carbocycles. The predicted molar refractivity (Wildman–Crippen MR) is 71.8 cm³/mol. The molecule has 18 heavy (non-hydrogen) atoms. The highest BCUT2D eigenvalue weighted by Crippen LogP contribution is 2.41. The zero-order valence-electron chi connectivity index (χ0n) is 12.2. The third-order valence-electron chi connectivity index (χ3n) is 4.68. The summed E-state index contributed by atoms with van der Waals surface area (Å²) >= 11 is 0. The number of halogens is 1. The minimum absolute atomic E-state index is 0.180. The van der Waals surface area contributed by atoms with E-state index >= 15 is 0 Å². The molecule has 4 heteroatoms. The van der Waals surface area contributed by atoms with Gasteiger partial charge in [-0.25, -0.2) is 4.39 Å². The summed E-state index contributed by atoms with van der Waals surface area (Å²) in [6, 6.07) is 0. The van der Waals surface area contributed by atoms with Gasteiger partial charge in [0.15, 0.2) is 0 Å². The molecule has 0 amide bonds. The Morgan fingerprint density at radius 2 is 1.56 bits per heavy atom. The Bertz CT molecular complexity index is 337. The fourth-order valence-corrected chi connectivity index (χ4v) is 2.46. The minimum atomic E-state index is -0.807. The molecule has 0 bridgehead atoms. The van der Waals surface area contributed by atoms with Gasteiger partial charge in [0.1, 0.15) is 5.73 Å². The molecular weight excluding hydrogens is 230 g/mol. The Balaban J connectivity index is 2.12. The molecule has 0 aromatic rings. The van der Waals surface area contributed by atoms with Gasteiger partial charge in [0.25, 0.3) is 0 Å². The van der Waals surface area contributed by atoms with Crippen LogP contribution in [-0.2, 0) is 9.31 Å². The zero-order chi connectivity index (χ0) is 13.6. The summed E-state index contributed by atoms with van der Waals surface area (Å²) in [5, 5.41) is 0. The molecule has 0 unspecified atom stereocenters. The lowest BCUT2D eigenvalue weighted by molar-refractivity contribution is 0.00578. The predicted octanol–water partition coefficient (Wildman–Crippen LogP) is 4.05. The van der Waals surface area contributed by atoms with E-state index in [1.807, 2.05) is 27.7 Å². The Kier molecular flexibility index (Phi) is 3.63. The molecule has 2 nitrogen and oxygen atoms in total. The Morgan fingerprint density at radius 1 is 1.11 bits per heavy atom. The molecule has 2 aliphatic rings. The van der Waals surface area contributed by atoms with Crippen LogP contribution < -0.4 is 0 Å². The molecule has 0 aromatic heterocycles. The third kappa shape index (κ3) is 2.50. The van der Waals surface area contributed by atoms with Crippen LogP contribution >= 0.6 is 0 Å². The van der Waals surface area contributed by atoms with Gasteiger partial charge in [0, 0.05) is 0 Å². The normalized spacial score (nSPS) is 30.7. The molecule has 0 atom stereocenters. The minimum Gasteiger partial charge on any atom is -0.398 e. The topological polar surface area (TPSA) is 18.5 Å². The summed E-state index contributed by atoms with van der Waals surface area (Å²) in [5.74, 6) is 0.708. The van der Waals surface area contributed by atoms with Crippen LogP contribution in [0.2, 0.25) is 0 Å². The monoisotopic (exact) mass is 254 g/mol. The van der Waals surface area contributed by atoms with Crippen molar-refractivity contribution in [2.75, 3.05) is 0 Å². The van der Waals surface area contributed by atoms with Gasteiger partial charge >= 0.3 is 7.12 Å². The van der Waals surface area contributed by atoms with Gasteiger partial charge in [-0.15, -0.1) is 0 Å².